The van der Waals surface area contributed by atoms with Crippen LogP contribution < -0.4 is 9.47 Å². The van der Waals surface area contributed by atoms with Crippen LogP contribution in [0.25, 0.3) is 0 Å². The molecule has 0 unspecified atom stereocenters. The van der Waals surface area contributed by atoms with Gasteiger partial charge in [0.15, 0.2) is 6.61 Å². The van der Waals surface area contributed by atoms with Crippen molar-refractivity contribution in [2.45, 2.75) is 5.51 Å². The van der Waals surface area contributed by atoms with Crippen molar-refractivity contribution in [2.24, 2.45) is 0 Å². The lowest BCUT2D eigenvalue weighted by Crippen LogP contribution is -2.07. The van der Waals surface area contributed by atoms with Gasteiger partial charge in [-0.1, -0.05) is 0 Å². The van der Waals surface area contributed by atoms with Gasteiger partial charge in [-0.2, -0.15) is 13.2 Å². The van der Waals surface area contributed by atoms with E-state index in [1.807, 2.05) is 0 Å². The van der Waals surface area contributed by atoms with Crippen molar-refractivity contribution in [3.05, 3.63) is 23.8 Å². The summed E-state index contributed by atoms with van der Waals surface area (Å²) < 4.78 is 45.8. The minimum absolute atomic E-state index is 0.00269. The molecular weight excluding hydrogens is 269 g/mol. The highest BCUT2D eigenvalue weighted by molar-refractivity contribution is 8.00. The maximum atomic E-state index is 11.9. The summed E-state index contributed by atoms with van der Waals surface area (Å²) in [6.45, 7) is -0.0559. The van der Waals surface area contributed by atoms with E-state index in [0.29, 0.717) is 17.1 Å². The van der Waals surface area contributed by atoms with Gasteiger partial charge >= 0.3 is 5.51 Å². The quantitative estimate of drug-likeness (QED) is 0.793. The van der Waals surface area contributed by atoms with Gasteiger partial charge in [0.05, 0.1) is 12.2 Å². The van der Waals surface area contributed by atoms with E-state index in [9.17, 15) is 18.0 Å². The highest BCUT2D eigenvalue weighted by atomic mass is 32.2. The second kappa shape index (κ2) is 5.09. The number of carbonyl (C=O) groups is 1. The van der Waals surface area contributed by atoms with Gasteiger partial charge in [-0.05, 0) is 23.9 Å². The molecule has 98 valence electrons. The van der Waals surface area contributed by atoms with E-state index in [0.717, 1.165) is 0 Å². The smallest absolute Gasteiger partial charge is 0.441 e. The molecule has 2 rings (SSSR count). The molecule has 0 saturated heterocycles. The standard InChI is InChI=1S/C11H9F3O3S/c12-11(13,14)18-4-3-16-7-1-2-8-9(15)6-17-10(8)5-7/h1-2,5H,3-4,6H2. The first-order chi connectivity index (χ1) is 8.46. The summed E-state index contributed by atoms with van der Waals surface area (Å²) in [5.41, 5.74) is -3.76. The summed E-state index contributed by atoms with van der Waals surface area (Å²) in [4.78, 5) is 11.3. The molecule has 1 aliphatic rings. The molecule has 0 fully saturated rings. The van der Waals surface area contributed by atoms with Crippen molar-refractivity contribution in [1.29, 1.82) is 0 Å². The average molecular weight is 278 g/mol. The zero-order valence-electron chi connectivity index (χ0n) is 9.12. The molecule has 0 aromatic heterocycles. The number of ketones is 1. The van der Waals surface area contributed by atoms with Crippen LogP contribution in [0.5, 0.6) is 11.5 Å². The molecule has 1 aromatic carbocycles. The molecule has 0 atom stereocenters. The SMILES string of the molecule is O=C1COc2cc(OCCSC(F)(F)F)ccc21. The van der Waals surface area contributed by atoms with Gasteiger partial charge in [0.25, 0.3) is 0 Å². The summed E-state index contributed by atoms with van der Waals surface area (Å²) in [6.07, 6.45) is 0. The predicted octanol–water partition coefficient (Wildman–Crippen LogP) is 2.89. The Balaban J connectivity index is 1.86. The topological polar surface area (TPSA) is 35.5 Å². The second-order valence-electron chi connectivity index (χ2n) is 3.51. The van der Waals surface area contributed by atoms with Crippen molar-refractivity contribution in [2.75, 3.05) is 19.0 Å². The van der Waals surface area contributed by atoms with Gasteiger partial charge < -0.3 is 9.47 Å². The van der Waals surface area contributed by atoms with Crippen molar-refractivity contribution >= 4 is 17.5 Å². The van der Waals surface area contributed by atoms with E-state index in [1.54, 1.807) is 12.1 Å². The highest BCUT2D eigenvalue weighted by Crippen LogP contribution is 2.31. The maximum Gasteiger partial charge on any atom is 0.441 e. The normalized spacial score (nSPS) is 14.3. The lowest BCUT2D eigenvalue weighted by molar-refractivity contribution is -0.0329. The van der Waals surface area contributed by atoms with Crippen LogP contribution in [0.15, 0.2) is 18.2 Å². The lowest BCUT2D eigenvalue weighted by atomic mass is 10.1. The van der Waals surface area contributed by atoms with E-state index < -0.39 is 5.51 Å². The summed E-state index contributed by atoms with van der Waals surface area (Å²) in [5.74, 6) is 0.525. The third kappa shape index (κ3) is 3.32. The number of benzene rings is 1. The zero-order chi connectivity index (χ0) is 13.2. The van der Waals surface area contributed by atoms with Gasteiger partial charge in [-0.25, -0.2) is 0 Å². The molecule has 0 amide bonds. The molecule has 18 heavy (non-hydrogen) atoms. The van der Waals surface area contributed by atoms with Crippen molar-refractivity contribution in [3.63, 3.8) is 0 Å². The first-order valence-corrected chi connectivity index (χ1v) is 6.08. The highest BCUT2D eigenvalue weighted by Gasteiger charge is 2.27. The Hall–Kier alpha value is -1.37. The van der Waals surface area contributed by atoms with Crippen LogP contribution in [-0.4, -0.2) is 30.3 Å². The van der Waals surface area contributed by atoms with E-state index >= 15 is 0 Å². The Morgan fingerprint density at radius 3 is 2.89 bits per heavy atom. The van der Waals surface area contributed by atoms with Crippen molar-refractivity contribution in [3.8, 4) is 11.5 Å². The van der Waals surface area contributed by atoms with Crippen LogP contribution in [0, 0.1) is 0 Å². The Morgan fingerprint density at radius 2 is 2.17 bits per heavy atom. The van der Waals surface area contributed by atoms with Gasteiger partial charge in [0, 0.05) is 11.8 Å². The molecule has 0 N–H and O–H groups in total. The number of hydrogen-bond donors (Lipinski definition) is 0. The summed E-state index contributed by atoms with van der Waals surface area (Å²) in [5, 5.41) is 0. The first kappa shape index (κ1) is 13.1. The minimum Gasteiger partial charge on any atom is -0.493 e. The first-order valence-electron chi connectivity index (χ1n) is 5.09. The number of hydrogen-bond acceptors (Lipinski definition) is 4. The fourth-order valence-electron chi connectivity index (χ4n) is 1.48. The van der Waals surface area contributed by atoms with Gasteiger partial charge in [0.1, 0.15) is 11.5 Å². The summed E-state index contributed by atoms with van der Waals surface area (Å²) >= 11 is -0.132. The molecule has 0 bridgehead atoms. The molecule has 3 nitrogen and oxygen atoms in total. The monoisotopic (exact) mass is 278 g/mol. The molecule has 0 spiro atoms. The van der Waals surface area contributed by atoms with Crippen molar-refractivity contribution in [1.82, 2.24) is 0 Å². The molecule has 0 aliphatic carbocycles. The number of halogens is 3. The fourth-order valence-corrected chi connectivity index (χ4v) is 1.88. The van der Waals surface area contributed by atoms with E-state index in [-0.39, 0.29) is 36.5 Å². The van der Waals surface area contributed by atoms with E-state index in [2.05, 4.69) is 0 Å². The predicted molar refractivity (Wildman–Crippen MR) is 60.3 cm³/mol. The number of rotatable bonds is 4. The van der Waals surface area contributed by atoms with Crippen LogP contribution in [0.1, 0.15) is 10.4 Å². The van der Waals surface area contributed by atoms with Gasteiger partial charge in [-0.3, -0.25) is 4.79 Å². The second-order valence-corrected chi connectivity index (χ2v) is 4.67. The number of Topliss-reactive ketones (excluding diaryl/α,β-unsaturated/α-hetero) is 1. The Kier molecular flexibility index (Phi) is 3.70. The summed E-state index contributed by atoms with van der Waals surface area (Å²) in [6, 6.07) is 4.61. The van der Waals surface area contributed by atoms with Crippen LogP contribution in [0.4, 0.5) is 13.2 Å². The zero-order valence-corrected chi connectivity index (χ0v) is 9.94. The van der Waals surface area contributed by atoms with Crippen LogP contribution in [0.2, 0.25) is 0 Å². The number of thioether (sulfide) groups is 1. The minimum atomic E-state index is -4.24. The summed E-state index contributed by atoms with van der Waals surface area (Å²) in [7, 11) is 0. The molecule has 1 aliphatic heterocycles. The lowest BCUT2D eigenvalue weighted by Gasteiger charge is -2.08. The van der Waals surface area contributed by atoms with Crippen molar-refractivity contribution < 1.29 is 27.4 Å². The number of fused-ring (bicyclic) bond motifs is 1. The molecule has 1 heterocycles. The fraction of sp³-hybridized carbons (Fsp3) is 0.364. The third-order valence-electron chi connectivity index (χ3n) is 2.23. The molecule has 1 aromatic rings. The van der Waals surface area contributed by atoms with Crippen LogP contribution >= 0.6 is 11.8 Å². The van der Waals surface area contributed by atoms with Crippen LogP contribution in [-0.2, 0) is 0 Å². The Bertz CT molecular complexity index is 459. The van der Waals surface area contributed by atoms with Gasteiger partial charge in [0.2, 0.25) is 5.78 Å². The van der Waals surface area contributed by atoms with E-state index in [1.165, 1.54) is 6.07 Å². The van der Waals surface area contributed by atoms with E-state index in [4.69, 9.17) is 9.47 Å². The Labute approximate surface area is 105 Å². The molecule has 7 heteroatoms. The maximum absolute atomic E-state index is 11.9. The largest absolute Gasteiger partial charge is 0.493 e. The molecular formula is C11H9F3O3S. The Morgan fingerprint density at radius 1 is 1.39 bits per heavy atom. The molecule has 0 radical (unpaired) electrons. The number of alkyl halides is 3. The average Bonchev–Trinajstić information content (AvgIpc) is 2.65. The third-order valence-corrected chi connectivity index (χ3v) is 2.93. The number of ether oxygens (including phenoxy) is 2. The molecule has 0 saturated carbocycles. The van der Waals surface area contributed by atoms with Gasteiger partial charge in [-0.15, -0.1) is 0 Å². The number of carbonyl (C=O) groups excluding carboxylic acids is 1. The van der Waals surface area contributed by atoms with Crippen LogP contribution in [0.3, 0.4) is 0 Å².